The first-order valence-corrected chi connectivity index (χ1v) is 17.6. The molecular formula is C48H43NO. The normalized spacial score (nSPS) is 12.2. The minimum Gasteiger partial charge on any atom is -0.454 e. The first-order valence-electron chi connectivity index (χ1n) is 17.6. The van der Waals surface area contributed by atoms with Crippen LogP contribution in [0.5, 0.6) is 0 Å². The van der Waals surface area contributed by atoms with E-state index < -0.39 is 0 Å². The average Bonchev–Trinajstić information content (AvgIpc) is 3.51. The van der Waals surface area contributed by atoms with Gasteiger partial charge in [-0.25, -0.2) is 0 Å². The molecule has 0 bridgehead atoms. The molecule has 0 aliphatic rings. The van der Waals surface area contributed by atoms with Crippen LogP contribution < -0.4 is 4.90 Å². The Kier molecular flexibility index (Phi) is 7.64. The maximum Gasteiger partial charge on any atom is 0.159 e. The summed E-state index contributed by atoms with van der Waals surface area (Å²) in [6.07, 6.45) is 0. The van der Waals surface area contributed by atoms with E-state index in [0.717, 1.165) is 44.6 Å². The number of fused-ring (bicyclic) bond motifs is 4. The molecule has 0 aliphatic carbocycles. The lowest BCUT2D eigenvalue weighted by Gasteiger charge is -2.28. The molecule has 0 spiro atoms. The monoisotopic (exact) mass is 649 g/mol. The van der Waals surface area contributed by atoms with Gasteiger partial charge in [-0.15, -0.1) is 0 Å². The highest BCUT2D eigenvalue weighted by atomic mass is 16.3. The Morgan fingerprint density at radius 1 is 0.460 bits per heavy atom. The Bertz CT molecular complexity index is 2470. The van der Waals surface area contributed by atoms with E-state index in [-0.39, 0.29) is 10.8 Å². The maximum atomic E-state index is 6.64. The molecule has 50 heavy (non-hydrogen) atoms. The summed E-state index contributed by atoms with van der Waals surface area (Å²) < 4.78 is 6.64. The van der Waals surface area contributed by atoms with Crippen molar-refractivity contribution >= 4 is 49.8 Å². The van der Waals surface area contributed by atoms with Gasteiger partial charge in [0, 0.05) is 22.0 Å². The van der Waals surface area contributed by atoms with Crippen molar-refractivity contribution in [3.8, 4) is 22.3 Å². The van der Waals surface area contributed by atoms with Gasteiger partial charge in [-0.05, 0) is 79.8 Å². The quantitative estimate of drug-likeness (QED) is 0.184. The van der Waals surface area contributed by atoms with Crippen LogP contribution in [0.3, 0.4) is 0 Å². The van der Waals surface area contributed by atoms with E-state index in [1.54, 1.807) is 0 Å². The molecule has 7 aromatic carbocycles. The molecule has 246 valence electrons. The molecule has 0 radical (unpaired) electrons. The smallest absolute Gasteiger partial charge is 0.159 e. The van der Waals surface area contributed by atoms with E-state index in [0.29, 0.717) is 0 Å². The third-order valence-electron chi connectivity index (χ3n) is 9.95. The van der Waals surface area contributed by atoms with Crippen molar-refractivity contribution in [2.75, 3.05) is 4.90 Å². The minimum absolute atomic E-state index is 0.0177. The van der Waals surface area contributed by atoms with Gasteiger partial charge in [0.2, 0.25) is 0 Å². The highest BCUT2D eigenvalue weighted by Crippen LogP contribution is 2.47. The Balaban J connectivity index is 1.41. The molecular weight excluding hydrogens is 607 g/mol. The third-order valence-corrected chi connectivity index (χ3v) is 9.95. The van der Waals surface area contributed by atoms with E-state index in [4.69, 9.17) is 4.42 Å². The zero-order chi connectivity index (χ0) is 34.6. The molecule has 2 heteroatoms. The number of benzene rings is 7. The minimum atomic E-state index is 0.0177. The average molecular weight is 650 g/mol. The molecule has 1 heterocycles. The fourth-order valence-corrected chi connectivity index (χ4v) is 7.24. The summed E-state index contributed by atoms with van der Waals surface area (Å²) >= 11 is 0. The van der Waals surface area contributed by atoms with Crippen molar-refractivity contribution in [1.29, 1.82) is 0 Å². The van der Waals surface area contributed by atoms with Gasteiger partial charge in [-0.2, -0.15) is 0 Å². The van der Waals surface area contributed by atoms with Crippen molar-refractivity contribution < 1.29 is 4.42 Å². The zero-order valence-electron chi connectivity index (χ0n) is 29.8. The fraction of sp³-hybridized carbons (Fsp3) is 0.167. The fourth-order valence-electron chi connectivity index (χ4n) is 7.24. The highest BCUT2D eigenvalue weighted by Gasteiger charge is 2.25. The molecule has 0 saturated heterocycles. The van der Waals surface area contributed by atoms with Crippen LogP contribution in [-0.2, 0) is 10.8 Å². The van der Waals surface area contributed by atoms with Crippen LogP contribution in [0.25, 0.3) is 55.0 Å². The van der Waals surface area contributed by atoms with Gasteiger partial charge >= 0.3 is 0 Å². The molecule has 0 saturated carbocycles. The highest BCUT2D eigenvalue weighted by molar-refractivity contribution is 6.12. The number of hydrogen-bond acceptors (Lipinski definition) is 2. The first-order chi connectivity index (χ1) is 24.1. The first kappa shape index (κ1) is 31.7. The van der Waals surface area contributed by atoms with Crippen molar-refractivity contribution in [3.05, 3.63) is 163 Å². The van der Waals surface area contributed by atoms with Gasteiger partial charge in [0.1, 0.15) is 5.58 Å². The number of furan rings is 1. The second-order valence-electron chi connectivity index (χ2n) is 15.4. The molecule has 0 N–H and O–H groups in total. The van der Waals surface area contributed by atoms with Gasteiger partial charge < -0.3 is 9.32 Å². The molecule has 0 fully saturated rings. The molecule has 2 nitrogen and oxygen atoms in total. The number of rotatable bonds is 5. The molecule has 0 amide bonds. The SMILES string of the molecule is CC(C)(C)c1cc(-c2cccc3cccc(-c4ccccc4N(c4ccccc4)c4cccc5c4oc4ccccc45)c23)cc(C(C)(C)C)c1. The van der Waals surface area contributed by atoms with Crippen LogP contribution in [0, 0.1) is 0 Å². The van der Waals surface area contributed by atoms with E-state index in [2.05, 4.69) is 192 Å². The van der Waals surface area contributed by atoms with Crippen LogP contribution in [0.15, 0.2) is 156 Å². The van der Waals surface area contributed by atoms with Crippen molar-refractivity contribution in [2.45, 2.75) is 52.4 Å². The second kappa shape index (κ2) is 12.1. The van der Waals surface area contributed by atoms with Gasteiger partial charge in [-0.1, -0.05) is 163 Å². The number of hydrogen-bond donors (Lipinski definition) is 0. The van der Waals surface area contributed by atoms with E-state index in [9.17, 15) is 0 Å². The predicted molar refractivity (Wildman–Crippen MR) is 214 cm³/mol. The summed E-state index contributed by atoms with van der Waals surface area (Å²) in [6.45, 7) is 13.9. The largest absolute Gasteiger partial charge is 0.454 e. The molecule has 0 aliphatic heterocycles. The summed E-state index contributed by atoms with van der Waals surface area (Å²) in [5, 5.41) is 4.70. The van der Waals surface area contributed by atoms with Crippen molar-refractivity contribution in [1.82, 2.24) is 0 Å². The Morgan fingerprint density at radius 2 is 1.02 bits per heavy atom. The molecule has 0 atom stereocenters. The molecule has 0 unspecified atom stereocenters. The Morgan fingerprint density at radius 3 is 1.74 bits per heavy atom. The van der Waals surface area contributed by atoms with Gasteiger partial charge in [0.05, 0.1) is 11.4 Å². The summed E-state index contributed by atoms with van der Waals surface area (Å²) in [5.41, 5.74) is 12.5. The number of anilines is 3. The van der Waals surface area contributed by atoms with Gasteiger partial charge in [0.25, 0.3) is 0 Å². The summed E-state index contributed by atoms with van der Waals surface area (Å²) in [6, 6.07) is 54.9. The van der Waals surface area contributed by atoms with E-state index in [1.807, 2.05) is 6.07 Å². The van der Waals surface area contributed by atoms with Crippen LogP contribution in [0.2, 0.25) is 0 Å². The molecule has 1 aromatic heterocycles. The molecule has 8 rings (SSSR count). The zero-order valence-corrected chi connectivity index (χ0v) is 29.8. The Labute approximate surface area is 295 Å². The standard InChI is InChI=1S/C48H43NO/c1-47(2,3)34-29-33(30-35(31-34)48(4,5)6)37-23-14-17-32-18-15-24-40(45(32)37)38-21-10-12-26-42(38)49(36-19-8-7-9-20-36)43-27-16-25-41-39-22-11-13-28-44(39)50-46(41)43/h7-31H,1-6H3. The topological polar surface area (TPSA) is 16.4 Å². The van der Waals surface area contributed by atoms with Gasteiger partial charge in [0.15, 0.2) is 5.58 Å². The van der Waals surface area contributed by atoms with Gasteiger partial charge in [-0.3, -0.25) is 0 Å². The molecule has 8 aromatic rings. The summed E-state index contributed by atoms with van der Waals surface area (Å²) in [4.78, 5) is 2.36. The lowest BCUT2D eigenvalue weighted by atomic mass is 9.78. The van der Waals surface area contributed by atoms with Crippen LogP contribution in [0.4, 0.5) is 17.1 Å². The lowest BCUT2D eigenvalue weighted by molar-refractivity contribution is 0.569. The number of para-hydroxylation sites is 4. The predicted octanol–water partition coefficient (Wildman–Crippen LogP) is 14.1. The van der Waals surface area contributed by atoms with E-state index >= 15 is 0 Å². The van der Waals surface area contributed by atoms with Crippen molar-refractivity contribution in [2.24, 2.45) is 0 Å². The maximum absolute atomic E-state index is 6.64. The third kappa shape index (κ3) is 5.55. The van der Waals surface area contributed by atoms with Crippen LogP contribution in [0.1, 0.15) is 52.7 Å². The lowest BCUT2D eigenvalue weighted by Crippen LogP contribution is -2.16. The summed E-state index contributed by atoms with van der Waals surface area (Å²) in [7, 11) is 0. The Hall–Kier alpha value is -5.60. The van der Waals surface area contributed by atoms with Crippen LogP contribution in [-0.4, -0.2) is 0 Å². The van der Waals surface area contributed by atoms with Crippen LogP contribution >= 0.6 is 0 Å². The van der Waals surface area contributed by atoms with E-state index in [1.165, 1.54) is 38.6 Å². The second-order valence-corrected chi connectivity index (χ2v) is 15.4. The van der Waals surface area contributed by atoms with Crippen molar-refractivity contribution in [3.63, 3.8) is 0 Å². The summed E-state index contributed by atoms with van der Waals surface area (Å²) in [5.74, 6) is 0. The number of nitrogens with zero attached hydrogens (tertiary/aromatic N) is 1.